The minimum absolute atomic E-state index is 0.154. The lowest BCUT2D eigenvalue weighted by molar-refractivity contribution is 0.296. The first-order valence-corrected chi connectivity index (χ1v) is 7.45. The molecule has 0 amide bonds. The van der Waals surface area contributed by atoms with E-state index in [-0.39, 0.29) is 12.5 Å². The lowest BCUT2D eigenvalue weighted by Gasteiger charge is -2.09. The molecule has 19 heavy (non-hydrogen) atoms. The van der Waals surface area contributed by atoms with E-state index < -0.39 is 0 Å². The number of hydrogen-bond donors (Lipinski definition) is 1. The van der Waals surface area contributed by atoms with Crippen LogP contribution in [0.5, 0.6) is 0 Å². The Morgan fingerprint density at radius 2 is 2.05 bits per heavy atom. The van der Waals surface area contributed by atoms with E-state index in [1.54, 1.807) is 0 Å². The van der Waals surface area contributed by atoms with Gasteiger partial charge in [-0.05, 0) is 18.4 Å². The molecule has 102 valence electrons. The number of thioether (sulfide) groups is 1. The molecule has 1 unspecified atom stereocenters. The van der Waals surface area contributed by atoms with Crippen molar-refractivity contribution in [2.75, 3.05) is 12.4 Å². The smallest absolute Gasteiger partial charge is 0.276 e. The molecule has 0 aliphatic heterocycles. The molecule has 4 nitrogen and oxygen atoms in total. The highest BCUT2D eigenvalue weighted by Gasteiger charge is 2.18. The van der Waals surface area contributed by atoms with Crippen LogP contribution in [0.3, 0.4) is 0 Å². The number of aromatic nitrogens is 2. The van der Waals surface area contributed by atoms with E-state index in [9.17, 15) is 0 Å². The first-order chi connectivity index (χ1) is 9.35. The van der Waals surface area contributed by atoms with Crippen molar-refractivity contribution in [2.45, 2.75) is 30.9 Å². The second-order valence-electron chi connectivity index (χ2n) is 4.20. The summed E-state index contributed by atoms with van der Waals surface area (Å²) in [5.41, 5.74) is 1.19. The average Bonchev–Trinajstić information content (AvgIpc) is 2.90. The van der Waals surface area contributed by atoms with Crippen LogP contribution in [-0.2, 0) is 0 Å². The summed E-state index contributed by atoms with van der Waals surface area (Å²) in [6.45, 7) is 2.30. The molecular formula is C14H18N2O2S. The van der Waals surface area contributed by atoms with Crippen LogP contribution in [-0.4, -0.2) is 27.7 Å². The number of aliphatic hydroxyl groups is 1. The highest BCUT2D eigenvalue weighted by atomic mass is 32.2. The molecule has 1 heterocycles. The Morgan fingerprint density at radius 1 is 1.26 bits per heavy atom. The Kier molecular flexibility index (Phi) is 5.42. The summed E-state index contributed by atoms with van der Waals surface area (Å²) in [6.07, 6.45) is 1.66. The summed E-state index contributed by atoms with van der Waals surface area (Å²) in [7, 11) is 0. The molecule has 0 saturated heterocycles. The van der Waals surface area contributed by atoms with Crippen molar-refractivity contribution in [2.24, 2.45) is 0 Å². The molecule has 1 atom stereocenters. The van der Waals surface area contributed by atoms with E-state index in [0.717, 1.165) is 18.6 Å². The Morgan fingerprint density at radius 3 is 2.74 bits per heavy atom. The van der Waals surface area contributed by atoms with Gasteiger partial charge in [-0.3, -0.25) is 0 Å². The SMILES string of the molecule is CCC(c1ccccc1)c1nnc(SCCCO)o1. The Bertz CT molecular complexity index is 487. The third-order valence-corrected chi connectivity index (χ3v) is 3.76. The van der Waals surface area contributed by atoms with E-state index in [4.69, 9.17) is 9.52 Å². The molecule has 0 saturated carbocycles. The Balaban J connectivity index is 2.07. The highest BCUT2D eigenvalue weighted by Crippen LogP contribution is 2.28. The molecule has 0 fully saturated rings. The van der Waals surface area contributed by atoms with Gasteiger partial charge < -0.3 is 9.52 Å². The Hall–Kier alpha value is -1.33. The standard InChI is InChI=1S/C14H18N2O2S/c1-2-12(11-7-4-3-5-8-11)13-15-16-14(18-13)19-10-6-9-17/h3-5,7-8,12,17H,2,6,9-10H2,1H3. The predicted octanol–water partition coefficient (Wildman–Crippen LogP) is 3.09. The van der Waals surface area contributed by atoms with E-state index in [1.165, 1.54) is 17.3 Å². The minimum Gasteiger partial charge on any atom is -0.415 e. The van der Waals surface area contributed by atoms with Crippen molar-refractivity contribution < 1.29 is 9.52 Å². The van der Waals surface area contributed by atoms with Crippen LogP contribution < -0.4 is 0 Å². The van der Waals surface area contributed by atoms with Crippen LogP contribution in [0.25, 0.3) is 0 Å². The maximum Gasteiger partial charge on any atom is 0.276 e. The molecule has 1 aromatic carbocycles. The summed E-state index contributed by atoms with van der Waals surface area (Å²) < 4.78 is 5.70. The normalized spacial score (nSPS) is 12.5. The zero-order valence-corrected chi connectivity index (χ0v) is 11.8. The summed E-state index contributed by atoms with van der Waals surface area (Å²) in [5.74, 6) is 1.61. The van der Waals surface area contributed by atoms with Gasteiger partial charge in [-0.25, -0.2) is 0 Å². The zero-order valence-electron chi connectivity index (χ0n) is 11.0. The molecule has 0 aliphatic carbocycles. The van der Waals surface area contributed by atoms with Crippen molar-refractivity contribution in [3.8, 4) is 0 Å². The average molecular weight is 278 g/mol. The first-order valence-electron chi connectivity index (χ1n) is 6.47. The van der Waals surface area contributed by atoms with Crippen molar-refractivity contribution in [3.05, 3.63) is 41.8 Å². The number of benzene rings is 1. The van der Waals surface area contributed by atoms with Gasteiger partial charge in [0, 0.05) is 12.4 Å². The minimum atomic E-state index is 0.154. The van der Waals surface area contributed by atoms with Crippen molar-refractivity contribution in [3.63, 3.8) is 0 Å². The second kappa shape index (κ2) is 7.31. The second-order valence-corrected chi connectivity index (χ2v) is 5.25. The fourth-order valence-corrected chi connectivity index (χ4v) is 2.57. The van der Waals surface area contributed by atoms with Gasteiger partial charge in [0.15, 0.2) is 0 Å². The van der Waals surface area contributed by atoms with Crippen LogP contribution >= 0.6 is 11.8 Å². The molecular weight excluding hydrogens is 260 g/mol. The number of hydrogen-bond acceptors (Lipinski definition) is 5. The van der Waals surface area contributed by atoms with E-state index in [1.807, 2.05) is 18.2 Å². The topological polar surface area (TPSA) is 59.2 Å². The molecule has 1 aromatic heterocycles. The molecule has 2 rings (SSSR count). The van der Waals surface area contributed by atoms with Crippen LogP contribution in [0.1, 0.15) is 37.1 Å². The summed E-state index contributed by atoms with van der Waals surface area (Å²) in [4.78, 5) is 0. The molecule has 2 aromatic rings. The summed E-state index contributed by atoms with van der Waals surface area (Å²) in [6, 6.07) is 10.2. The fraction of sp³-hybridized carbons (Fsp3) is 0.429. The van der Waals surface area contributed by atoms with Gasteiger partial charge in [0.1, 0.15) is 0 Å². The van der Waals surface area contributed by atoms with E-state index >= 15 is 0 Å². The van der Waals surface area contributed by atoms with Crippen LogP contribution in [0.2, 0.25) is 0 Å². The largest absolute Gasteiger partial charge is 0.415 e. The molecule has 0 radical (unpaired) electrons. The highest BCUT2D eigenvalue weighted by molar-refractivity contribution is 7.99. The van der Waals surface area contributed by atoms with Gasteiger partial charge in [-0.15, -0.1) is 10.2 Å². The number of aliphatic hydroxyl groups excluding tert-OH is 1. The maximum absolute atomic E-state index is 8.74. The fourth-order valence-electron chi connectivity index (χ4n) is 1.88. The van der Waals surface area contributed by atoms with Crippen molar-refractivity contribution in [1.82, 2.24) is 10.2 Å². The van der Waals surface area contributed by atoms with Gasteiger partial charge in [0.2, 0.25) is 5.89 Å². The van der Waals surface area contributed by atoms with E-state index in [2.05, 4.69) is 29.3 Å². The van der Waals surface area contributed by atoms with Gasteiger partial charge in [0.25, 0.3) is 5.22 Å². The van der Waals surface area contributed by atoms with Crippen LogP contribution in [0.15, 0.2) is 40.0 Å². The maximum atomic E-state index is 8.74. The van der Waals surface area contributed by atoms with Gasteiger partial charge in [-0.1, -0.05) is 49.0 Å². The molecule has 1 N–H and O–H groups in total. The zero-order chi connectivity index (χ0) is 13.5. The van der Waals surface area contributed by atoms with Crippen molar-refractivity contribution in [1.29, 1.82) is 0 Å². The first kappa shape index (κ1) is 14.1. The lowest BCUT2D eigenvalue weighted by Crippen LogP contribution is -1.99. The van der Waals surface area contributed by atoms with Gasteiger partial charge >= 0.3 is 0 Å². The summed E-state index contributed by atoms with van der Waals surface area (Å²) >= 11 is 1.49. The molecule has 5 heteroatoms. The Labute approximate surface area is 117 Å². The summed E-state index contributed by atoms with van der Waals surface area (Å²) in [5, 5.41) is 17.5. The van der Waals surface area contributed by atoms with Crippen LogP contribution in [0.4, 0.5) is 0 Å². The van der Waals surface area contributed by atoms with Crippen molar-refractivity contribution >= 4 is 11.8 Å². The number of nitrogens with zero attached hydrogens (tertiary/aromatic N) is 2. The molecule has 0 aliphatic rings. The third kappa shape index (κ3) is 3.81. The molecule has 0 spiro atoms. The quantitative estimate of drug-likeness (QED) is 0.623. The van der Waals surface area contributed by atoms with Crippen LogP contribution in [0, 0.1) is 0 Å². The predicted molar refractivity (Wildman–Crippen MR) is 75.3 cm³/mol. The molecule has 0 bridgehead atoms. The lowest BCUT2D eigenvalue weighted by atomic mass is 9.97. The van der Waals surface area contributed by atoms with E-state index in [0.29, 0.717) is 11.1 Å². The third-order valence-electron chi connectivity index (χ3n) is 2.86. The van der Waals surface area contributed by atoms with Gasteiger partial charge in [0.05, 0.1) is 5.92 Å². The number of rotatable bonds is 7. The van der Waals surface area contributed by atoms with Gasteiger partial charge in [-0.2, -0.15) is 0 Å². The monoisotopic (exact) mass is 278 g/mol.